The van der Waals surface area contributed by atoms with Crippen LogP contribution in [0.2, 0.25) is 4.34 Å². The third kappa shape index (κ3) is 2.99. The summed E-state index contributed by atoms with van der Waals surface area (Å²) in [5.41, 5.74) is 0. The second-order valence-electron chi connectivity index (χ2n) is 1.26. The molecule has 3 heteroatoms. The third-order valence-electron chi connectivity index (χ3n) is 0.710. The molecule has 0 aliphatic rings. The van der Waals surface area contributed by atoms with Gasteiger partial charge in [-0.2, -0.15) is 0 Å². The fourth-order valence-electron chi connectivity index (χ4n) is 0.392. The molecule has 0 spiro atoms. The number of halogens is 1. The fourth-order valence-corrected chi connectivity index (χ4v) is 1.27. The Morgan fingerprint density at radius 2 is 2.10 bits per heavy atom. The molecule has 1 rings (SSSR count). The Morgan fingerprint density at radius 1 is 1.50 bits per heavy atom. The minimum atomic E-state index is 0.659. The van der Waals surface area contributed by atoms with Crippen molar-refractivity contribution in [1.82, 2.24) is 0 Å². The van der Waals surface area contributed by atoms with Crippen molar-refractivity contribution in [2.24, 2.45) is 0 Å². The summed E-state index contributed by atoms with van der Waals surface area (Å²) in [6, 6.07) is 3.40. The molecular weight excluding hydrogens is 168 g/mol. The number of aldehydes is 1. The van der Waals surface area contributed by atoms with Gasteiger partial charge in [-0.05, 0) is 12.1 Å². The first-order valence-electron chi connectivity index (χ1n) is 3.03. The maximum Gasteiger partial charge on any atom is 0.160 e. The SMILES string of the molecule is CC.O=Cc1ccc(Cl)s1. The highest BCUT2D eigenvalue weighted by Crippen LogP contribution is 2.19. The molecule has 1 aromatic rings. The maximum absolute atomic E-state index is 9.97. The van der Waals surface area contributed by atoms with Crippen molar-refractivity contribution >= 4 is 29.2 Å². The second-order valence-corrected chi connectivity index (χ2v) is 3.01. The molecule has 0 aromatic carbocycles. The van der Waals surface area contributed by atoms with Crippen molar-refractivity contribution in [2.45, 2.75) is 13.8 Å². The first kappa shape index (κ1) is 9.66. The Kier molecular flexibility index (Phi) is 5.26. The molecule has 10 heavy (non-hydrogen) atoms. The zero-order valence-corrected chi connectivity index (χ0v) is 7.50. The summed E-state index contributed by atoms with van der Waals surface area (Å²) in [4.78, 5) is 10.6. The van der Waals surface area contributed by atoms with Gasteiger partial charge >= 0.3 is 0 Å². The van der Waals surface area contributed by atoms with Crippen LogP contribution < -0.4 is 0 Å². The smallest absolute Gasteiger partial charge is 0.160 e. The standard InChI is InChI=1S/C5H3ClOS.C2H6/c6-5-2-1-4(3-7)8-5;1-2/h1-3H;1-2H3. The van der Waals surface area contributed by atoms with Crippen molar-refractivity contribution in [3.05, 3.63) is 21.3 Å². The fraction of sp³-hybridized carbons (Fsp3) is 0.286. The Labute approximate surface area is 69.6 Å². The highest BCUT2D eigenvalue weighted by atomic mass is 35.5. The monoisotopic (exact) mass is 176 g/mol. The van der Waals surface area contributed by atoms with Gasteiger partial charge in [-0.25, -0.2) is 0 Å². The largest absolute Gasteiger partial charge is 0.297 e. The predicted molar refractivity (Wildman–Crippen MR) is 46.1 cm³/mol. The lowest BCUT2D eigenvalue weighted by Gasteiger charge is -1.69. The molecule has 0 saturated carbocycles. The van der Waals surface area contributed by atoms with Gasteiger partial charge in [0.1, 0.15) is 0 Å². The van der Waals surface area contributed by atoms with Gasteiger partial charge in [-0.3, -0.25) is 4.79 Å². The molecule has 0 amide bonds. The van der Waals surface area contributed by atoms with Gasteiger partial charge in [0, 0.05) is 0 Å². The first-order chi connectivity index (χ1) is 4.83. The molecule has 0 atom stereocenters. The highest BCUT2D eigenvalue weighted by molar-refractivity contribution is 7.17. The van der Waals surface area contributed by atoms with Crippen LogP contribution in [0.3, 0.4) is 0 Å². The Hall–Kier alpha value is -0.340. The Morgan fingerprint density at radius 3 is 2.30 bits per heavy atom. The topological polar surface area (TPSA) is 17.1 Å². The van der Waals surface area contributed by atoms with Gasteiger partial charge in [-0.15, -0.1) is 11.3 Å². The summed E-state index contributed by atoms with van der Waals surface area (Å²) in [6.07, 6.45) is 0.788. The predicted octanol–water partition coefficient (Wildman–Crippen LogP) is 3.24. The summed E-state index contributed by atoms with van der Waals surface area (Å²) < 4.78 is 0.659. The lowest BCUT2D eigenvalue weighted by molar-refractivity contribution is 0.112. The average molecular weight is 177 g/mol. The number of carbonyl (C=O) groups excluding carboxylic acids is 1. The summed E-state index contributed by atoms with van der Waals surface area (Å²) in [7, 11) is 0. The number of carbonyl (C=O) groups is 1. The van der Waals surface area contributed by atoms with E-state index < -0.39 is 0 Å². The van der Waals surface area contributed by atoms with E-state index in [0.29, 0.717) is 9.21 Å². The van der Waals surface area contributed by atoms with Crippen LogP contribution >= 0.6 is 22.9 Å². The molecule has 56 valence electrons. The van der Waals surface area contributed by atoms with Crippen molar-refractivity contribution in [3.63, 3.8) is 0 Å². The van der Waals surface area contributed by atoms with Crippen LogP contribution in [0.5, 0.6) is 0 Å². The van der Waals surface area contributed by atoms with Gasteiger partial charge in [-0.1, -0.05) is 25.4 Å². The Bertz CT molecular complexity index is 195. The summed E-state index contributed by atoms with van der Waals surface area (Å²) in [5, 5.41) is 0. The van der Waals surface area contributed by atoms with E-state index in [1.54, 1.807) is 12.1 Å². The molecule has 0 saturated heterocycles. The van der Waals surface area contributed by atoms with Crippen LogP contribution in [0.15, 0.2) is 12.1 Å². The first-order valence-corrected chi connectivity index (χ1v) is 4.23. The summed E-state index contributed by atoms with van der Waals surface area (Å²) in [6.45, 7) is 4.00. The van der Waals surface area contributed by atoms with Gasteiger partial charge in [0.15, 0.2) is 6.29 Å². The average Bonchev–Trinajstić information content (AvgIpc) is 2.40. The number of thiophene rings is 1. The van der Waals surface area contributed by atoms with Crippen LogP contribution in [0.1, 0.15) is 23.5 Å². The molecule has 0 aliphatic carbocycles. The quantitative estimate of drug-likeness (QED) is 0.601. The zero-order chi connectivity index (χ0) is 7.98. The van der Waals surface area contributed by atoms with Gasteiger partial charge < -0.3 is 0 Å². The number of hydrogen-bond donors (Lipinski definition) is 0. The molecule has 0 aliphatic heterocycles. The van der Waals surface area contributed by atoms with E-state index in [4.69, 9.17) is 11.6 Å². The molecular formula is C7H9ClOS. The van der Waals surface area contributed by atoms with E-state index in [9.17, 15) is 4.79 Å². The van der Waals surface area contributed by atoms with Crippen molar-refractivity contribution in [3.8, 4) is 0 Å². The van der Waals surface area contributed by atoms with E-state index >= 15 is 0 Å². The summed E-state index contributed by atoms with van der Waals surface area (Å²) in [5.74, 6) is 0. The molecule has 0 N–H and O–H groups in total. The molecule has 0 radical (unpaired) electrons. The lowest BCUT2D eigenvalue weighted by atomic mass is 10.5. The third-order valence-corrected chi connectivity index (χ3v) is 1.87. The van der Waals surface area contributed by atoms with E-state index in [0.717, 1.165) is 6.29 Å². The van der Waals surface area contributed by atoms with Crippen molar-refractivity contribution in [2.75, 3.05) is 0 Å². The summed E-state index contributed by atoms with van der Waals surface area (Å²) >= 11 is 6.78. The lowest BCUT2D eigenvalue weighted by Crippen LogP contribution is -1.61. The molecule has 0 bridgehead atoms. The normalized spacial score (nSPS) is 7.90. The zero-order valence-electron chi connectivity index (χ0n) is 5.93. The molecule has 1 nitrogen and oxygen atoms in total. The van der Waals surface area contributed by atoms with Crippen LogP contribution in [0, 0.1) is 0 Å². The van der Waals surface area contributed by atoms with E-state index in [1.807, 2.05) is 13.8 Å². The van der Waals surface area contributed by atoms with Gasteiger partial charge in [0.2, 0.25) is 0 Å². The van der Waals surface area contributed by atoms with E-state index in [-0.39, 0.29) is 0 Å². The van der Waals surface area contributed by atoms with Gasteiger partial charge in [0.25, 0.3) is 0 Å². The number of hydrogen-bond acceptors (Lipinski definition) is 2. The van der Waals surface area contributed by atoms with Crippen molar-refractivity contribution < 1.29 is 4.79 Å². The van der Waals surface area contributed by atoms with Crippen LogP contribution in [0.25, 0.3) is 0 Å². The van der Waals surface area contributed by atoms with E-state index in [1.165, 1.54) is 11.3 Å². The Balaban J connectivity index is 0.000000371. The van der Waals surface area contributed by atoms with Gasteiger partial charge in [0.05, 0.1) is 9.21 Å². The highest BCUT2D eigenvalue weighted by Gasteiger charge is 1.91. The minimum Gasteiger partial charge on any atom is -0.297 e. The van der Waals surface area contributed by atoms with Crippen LogP contribution in [-0.4, -0.2) is 6.29 Å². The number of rotatable bonds is 1. The molecule has 1 heterocycles. The maximum atomic E-state index is 9.97. The van der Waals surface area contributed by atoms with E-state index in [2.05, 4.69) is 0 Å². The molecule has 0 fully saturated rings. The van der Waals surface area contributed by atoms with Crippen LogP contribution in [-0.2, 0) is 0 Å². The van der Waals surface area contributed by atoms with Crippen LogP contribution in [0.4, 0.5) is 0 Å². The minimum absolute atomic E-state index is 0.659. The molecule has 0 unspecified atom stereocenters. The molecule has 1 aromatic heterocycles. The van der Waals surface area contributed by atoms with Crippen molar-refractivity contribution in [1.29, 1.82) is 0 Å². The second kappa shape index (κ2) is 5.45.